The number of carbonyl (C=O) groups is 1. The molecule has 2 rings (SSSR count). The lowest BCUT2D eigenvalue weighted by molar-refractivity contribution is 0.0992. The molecule has 0 aliphatic carbocycles. The van der Waals surface area contributed by atoms with Gasteiger partial charge in [0.25, 0.3) is 0 Å². The van der Waals surface area contributed by atoms with Crippen molar-refractivity contribution in [3.05, 3.63) is 64.4 Å². The summed E-state index contributed by atoms with van der Waals surface area (Å²) in [6.07, 6.45) is 0.134. The van der Waals surface area contributed by atoms with E-state index in [1.807, 2.05) is 6.92 Å². The Morgan fingerprint density at radius 2 is 2.05 bits per heavy atom. The summed E-state index contributed by atoms with van der Waals surface area (Å²) < 4.78 is 18.3. The molecule has 0 fully saturated rings. The van der Waals surface area contributed by atoms with E-state index in [1.165, 1.54) is 18.2 Å². The van der Waals surface area contributed by atoms with Gasteiger partial charge >= 0.3 is 0 Å². The highest BCUT2D eigenvalue weighted by Gasteiger charge is 2.11. The maximum Gasteiger partial charge on any atom is 0.167 e. The van der Waals surface area contributed by atoms with E-state index in [0.717, 1.165) is 0 Å². The van der Waals surface area contributed by atoms with Crippen LogP contribution >= 0.6 is 11.6 Å². The van der Waals surface area contributed by atoms with Crippen molar-refractivity contribution >= 4 is 17.4 Å². The molecule has 0 amide bonds. The van der Waals surface area contributed by atoms with Gasteiger partial charge in [0, 0.05) is 17.0 Å². The molecule has 4 heteroatoms. The smallest absolute Gasteiger partial charge is 0.167 e. The van der Waals surface area contributed by atoms with Crippen LogP contribution in [0.3, 0.4) is 0 Å². The molecular formula is C16H14ClFO2. The van der Waals surface area contributed by atoms with Gasteiger partial charge in [-0.2, -0.15) is 0 Å². The molecule has 0 saturated carbocycles. The second kappa shape index (κ2) is 6.53. The maximum absolute atomic E-state index is 13.0. The van der Waals surface area contributed by atoms with E-state index >= 15 is 0 Å². The third-order valence-corrected chi connectivity index (χ3v) is 3.18. The van der Waals surface area contributed by atoms with Crippen LogP contribution in [0.1, 0.15) is 22.8 Å². The number of hydrogen-bond acceptors (Lipinski definition) is 2. The van der Waals surface area contributed by atoms with E-state index < -0.39 is 5.82 Å². The van der Waals surface area contributed by atoms with E-state index in [1.54, 1.807) is 24.3 Å². The number of Topliss-reactive ketones (excluding diaryl/α,β-unsaturated/α-hetero) is 1. The third kappa shape index (κ3) is 3.58. The van der Waals surface area contributed by atoms with Gasteiger partial charge in [0.15, 0.2) is 5.78 Å². The Balaban J connectivity index is 2.17. The number of rotatable bonds is 5. The Morgan fingerprint density at radius 3 is 2.75 bits per heavy atom. The Kier molecular flexibility index (Phi) is 4.74. The molecule has 0 aromatic heterocycles. The molecule has 2 aromatic carbocycles. The lowest BCUT2D eigenvalue weighted by Gasteiger charge is -2.07. The van der Waals surface area contributed by atoms with Crippen molar-refractivity contribution in [2.45, 2.75) is 13.3 Å². The first-order valence-electron chi connectivity index (χ1n) is 6.30. The van der Waals surface area contributed by atoms with Crippen LogP contribution < -0.4 is 4.74 Å². The quantitative estimate of drug-likeness (QED) is 0.768. The zero-order valence-electron chi connectivity index (χ0n) is 11.0. The van der Waals surface area contributed by atoms with Crippen molar-refractivity contribution in [1.82, 2.24) is 0 Å². The molecule has 0 radical (unpaired) electrons. The number of benzene rings is 2. The van der Waals surface area contributed by atoms with Crippen LogP contribution in [0.25, 0.3) is 0 Å². The summed E-state index contributed by atoms with van der Waals surface area (Å²) in [5.41, 5.74) is 1.16. The molecule has 0 heterocycles. The van der Waals surface area contributed by atoms with Gasteiger partial charge in [-0.25, -0.2) is 4.39 Å². The van der Waals surface area contributed by atoms with Crippen molar-refractivity contribution < 1.29 is 13.9 Å². The Morgan fingerprint density at radius 1 is 1.25 bits per heavy atom. The fourth-order valence-corrected chi connectivity index (χ4v) is 2.10. The average molecular weight is 293 g/mol. The van der Waals surface area contributed by atoms with Gasteiger partial charge in [0.2, 0.25) is 0 Å². The zero-order valence-corrected chi connectivity index (χ0v) is 11.8. The van der Waals surface area contributed by atoms with Gasteiger partial charge in [-0.15, -0.1) is 0 Å². The molecule has 0 bridgehead atoms. The predicted molar refractivity (Wildman–Crippen MR) is 77.1 cm³/mol. The summed E-state index contributed by atoms with van der Waals surface area (Å²) in [5.74, 6) is 0.160. The van der Waals surface area contributed by atoms with Crippen LogP contribution in [-0.2, 0) is 6.42 Å². The van der Waals surface area contributed by atoms with Crippen LogP contribution in [0.5, 0.6) is 5.75 Å². The lowest BCUT2D eigenvalue weighted by Crippen LogP contribution is -2.04. The van der Waals surface area contributed by atoms with Gasteiger partial charge in [0.1, 0.15) is 11.6 Å². The Hall–Kier alpha value is -1.87. The van der Waals surface area contributed by atoms with E-state index in [2.05, 4.69) is 0 Å². The predicted octanol–water partition coefficient (Wildman–Crippen LogP) is 4.30. The van der Waals surface area contributed by atoms with E-state index in [0.29, 0.717) is 23.5 Å². The molecule has 0 aliphatic heterocycles. The summed E-state index contributed by atoms with van der Waals surface area (Å²) >= 11 is 5.93. The molecule has 0 unspecified atom stereocenters. The van der Waals surface area contributed by atoms with Gasteiger partial charge in [-0.05, 0) is 36.8 Å². The first-order chi connectivity index (χ1) is 9.60. The molecule has 2 aromatic rings. The van der Waals surface area contributed by atoms with Crippen LogP contribution in [0.15, 0.2) is 42.5 Å². The minimum absolute atomic E-state index is 0.0833. The first-order valence-corrected chi connectivity index (χ1v) is 6.68. The topological polar surface area (TPSA) is 26.3 Å². The molecule has 0 N–H and O–H groups in total. The molecule has 0 spiro atoms. The highest BCUT2D eigenvalue weighted by molar-refractivity contribution is 6.31. The highest BCUT2D eigenvalue weighted by Crippen LogP contribution is 2.20. The molecule has 2 nitrogen and oxygen atoms in total. The summed E-state index contributed by atoms with van der Waals surface area (Å²) in [4.78, 5) is 12.2. The largest absolute Gasteiger partial charge is 0.494 e. The van der Waals surface area contributed by atoms with Crippen LogP contribution in [-0.4, -0.2) is 12.4 Å². The second-order valence-corrected chi connectivity index (χ2v) is 4.70. The normalized spacial score (nSPS) is 10.3. The van der Waals surface area contributed by atoms with Crippen molar-refractivity contribution in [3.8, 4) is 5.75 Å². The standard InChI is InChI=1S/C16H14ClFO2/c1-2-20-14-5-3-4-12(8-14)16(19)9-11-6-7-13(18)10-15(11)17/h3-8,10H,2,9H2,1H3. The first kappa shape index (κ1) is 14.5. The Bertz CT molecular complexity index is 626. The highest BCUT2D eigenvalue weighted by atomic mass is 35.5. The fraction of sp³-hybridized carbons (Fsp3) is 0.188. The molecule has 0 saturated heterocycles. The molecular weight excluding hydrogens is 279 g/mol. The SMILES string of the molecule is CCOc1cccc(C(=O)Cc2ccc(F)cc2Cl)c1. The fourth-order valence-electron chi connectivity index (χ4n) is 1.87. The van der Waals surface area contributed by atoms with Crippen molar-refractivity contribution in [2.24, 2.45) is 0 Å². The monoisotopic (exact) mass is 292 g/mol. The molecule has 0 atom stereocenters. The van der Waals surface area contributed by atoms with Crippen LogP contribution in [0, 0.1) is 5.82 Å². The van der Waals surface area contributed by atoms with Crippen LogP contribution in [0.4, 0.5) is 4.39 Å². The summed E-state index contributed by atoms with van der Waals surface area (Å²) in [7, 11) is 0. The van der Waals surface area contributed by atoms with E-state index in [4.69, 9.17) is 16.3 Å². The summed E-state index contributed by atoms with van der Waals surface area (Å²) in [6, 6.07) is 11.0. The summed E-state index contributed by atoms with van der Waals surface area (Å²) in [6.45, 7) is 2.42. The van der Waals surface area contributed by atoms with Gasteiger partial charge < -0.3 is 4.74 Å². The lowest BCUT2D eigenvalue weighted by atomic mass is 10.0. The number of hydrogen-bond donors (Lipinski definition) is 0. The van der Waals surface area contributed by atoms with Gasteiger partial charge in [-0.1, -0.05) is 29.8 Å². The maximum atomic E-state index is 13.0. The van der Waals surface area contributed by atoms with Gasteiger partial charge in [0.05, 0.1) is 6.61 Å². The van der Waals surface area contributed by atoms with E-state index in [-0.39, 0.29) is 17.2 Å². The van der Waals surface area contributed by atoms with Crippen molar-refractivity contribution in [1.29, 1.82) is 0 Å². The minimum atomic E-state index is -0.412. The third-order valence-electron chi connectivity index (χ3n) is 2.83. The Labute approximate surface area is 122 Å². The molecule has 0 aliphatic rings. The number of ether oxygens (including phenoxy) is 1. The average Bonchev–Trinajstić information content (AvgIpc) is 2.42. The van der Waals surface area contributed by atoms with Crippen molar-refractivity contribution in [3.63, 3.8) is 0 Å². The number of carbonyl (C=O) groups excluding carboxylic acids is 1. The second-order valence-electron chi connectivity index (χ2n) is 4.30. The summed E-state index contributed by atoms with van der Waals surface area (Å²) in [5, 5.41) is 0.263. The van der Waals surface area contributed by atoms with Crippen molar-refractivity contribution in [2.75, 3.05) is 6.61 Å². The van der Waals surface area contributed by atoms with Crippen LogP contribution in [0.2, 0.25) is 5.02 Å². The van der Waals surface area contributed by atoms with Gasteiger partial charge in [-0.3, -0.25) is 4.79 Å². The number of halogens is 2. The molecule has 104 valence electrons. The minimum Gasteiger partial charge on any atom is -0.494 e. The number of ketones is 1. The zero-order chi connectivity index (χ0) is 14.5. The van der Waals surface area contributed by atoms with E-state index in [9.17, 15) is 9.18 Å². The molecule has 20 heavy (non-hydrogen) atoms.